The predicted molar refractivity (Wildman–Crippen MR) is 59.7 cm³/mol. The van der Waals surface area contributed by atoms with Gasteiger partial charge in [0.1, 0.15) is 5.75 Å². The number of hydrogen-bond donors (Lipinski definition) is 1. The molecule has 4 heteroatoms. The SMILES string of the molecule is CCc1nn2ccc3c(c2c1CO)CCO3. The van der Waals surface area contributed by atoms with E-state index in [9.17, 15) is 5.11 Å². The summed E-state index contributed by atoms with van der Waals surface area (Å²) in [7, 11) is 0. The number of pyridine rings is 1. The minimum absolute atomic E-state index is 0.0448. The van der Waals surface area contributed by atoms with Crippen molar-refractivity contribution >= 4 is 5.52 Å². The van der Waals surface area contributed by atoms with Gasteiger partial charge in [-0.1, -0.05) is 6.92 Å². The smallest absolute Gasteiger partial charge is 0.126 e. The number of aryl methyl sites for hydroxylation is 1. The summed E-state index contributed by atoms with van der Waals surface area (Å²) < 4.78 is 7.39. The van der Waals surface area contributed by atoms with E-state index in [0.29, 0.717) is 0 Å². The van der Waals surface area contributed by atoms with Crippen LogP contribution in [0.1, 0.15) is 23.7 Å². The van der Waals surface area contributed by atoms with Crippen molar-refractivity contribution in [2.24, 2.45) is 0 Å². The van der Waals surface area contributed by atoms with Crippen molar-refractivity contribution in [3.05, 3.63) is 29.1 Å². The van der Waals surface area contributed by atoms with E-state index in [2.05, 4.69) is 12.0 Å². The Labute approximate surface area is 93.5 Å². The monoisotopic (exact) mass is 218 g/mol. The third-order valence-electron chi connectivity index (χ3n) is 3.14. The second kappa shape index (κ2) is 3.49. The molecule has 1 aliphatic rings. The highest BCUT2D eigenvalue weighted by Crippen LogP contribution is 2.31. The molecule has 16 heavy (non-hydrogen) atoms. The summed E-state index contributed by atoms with van der Waals surface area (Å²) in [5.41, 5.74) is 4.14. The highest BCUT2D eigenvalue weighted by molar-refractivity contribution is 5.67. The number of fused-ring (bicyclic) bond motifs is 3. The molecule has 3 heterocycles. The number of aliphatic hydroxyl groups excluding tert-OH is 1. The lowest BCUT2D eigenvalue weighted by Crippen LogP contribution is -1.92. The average Bonchev–Trinajstić information content (AvgIpc) is 2.90. The van der Waals surface area contributed by atoms with Crippen LogP contribution in [0.5, 0.6) is 5.75 Å². The lowest BCUT2D eigenvalue weighted by Gasteiger charge is -2.02. The van der Waals surface area contributed by atoms with Crippen LogP contribution in [0.15, 0.2) is 12.3 Å². The summed E-state index contributed by atoms with van der Waals surface area (Å²) in [6, 6.07) is 1.95. The molecule has 0 aromatic carbocycles. The fourth-order valence-corrected chi connectivity index (χ4v) is 2.39. The molecule has 0 bridgehead atoms. The van der Waals surface area contributed by atoms with Crippen molar-refractivity contribution in [1.82, 2.24) is 9.61 Å². The van der Waals surface area contributed by atoms with E-state index in [0.717, 1.165) is 42.0 Å². The number of ether oxygens (including phenoxy) is 1. The Morgan fingerprint density at radius 3 is 3.19 bits per heavy atom. The molecule has 3 rings (SSSR count). The zero-order valence-corrected chi connectivity index (χ0v) is 9.23. The maximum atomic E-state index is 9.47. The molecule has 0 fully saturated rings. The fourth-order valence-electron chi connectivity index (χ4n) is 2.39. The number of aromatic nitrogens is 2. The second-order valence-electron chi connectivity index (χ2n) is 3.99. The molecule has 0 aliphatic carbocycles. The maximum absolute atomic E-state index is 9.47. The molecule has 4 nitrogen and oxygen atoms in total. The summed E-state index contributed by atoms with van der Waals surface area (Å²) >= 11 is 0. The minimum Gasteiger partial charge on any atom is -0.493 e. The summed E-state index contributed by atoms with van der Waals surface area (Å²) in [4.78, 5) is 0. The lowest BCUT2D eigenvalue weighted by molar-refractivity contribution is 0.282. The highest BCUT2D eigenvalue weighted by atomic mass is 16.5. The quantitative estimate of drug-likeness (QED) is 0.827. The van der Waals surface area contributed by atoms with E-state index < -0.39 is 0 Å². The van der Waals surface area contributed by atoms with Crippen LogP contribution in [-0.2, 0) is 19.4 Å². The molecular formula is C12H14N2O2. The molecule has 84 valence electrons. The van der Waals surface area contributed by atoms with Crippen LogP contribution in [0.3, 0.4) is 0 Å². The number of rotatable bonds is 2. The van der Waals surface area contributed by atoms with Crippen LogP contribution >= 0.6 is 0 Å². The van der Waals surface area contributed by atoms with Gasteiger partial charge in [-0.3, -0.25) is 0 Å². The zero-order chi connectivity index (χ0) is 11.1. The Bertz CT molecular complexity index is 545. The average molecular weight is 218 g/mol. The summed E-state index contributed by atoms with van der Waals surface area (Å²) in [6.07, 6.45) is 3.65. The van der Waals surface area contributed by atoms with E-state index in [1.807, 2.05) is 16.8 Å². The first-order valence-corrected chi connectivity index (χ1v) is 5.60. The molecule has 0 unspecified atom stereocenters. The van der Waals surface area contributed by atoms with Gasteiger partial charge in [-0.25, -0.2) is 4.52 Å². The summed E-state index contributed by atoms with van der Waals surface area (Å²) in [5.74, 6) is 0.935. The fraction of sp³-hybridized carbons (Fsp3) is 0.417. The van der Waals surface area contributed by atoms with Crippen LogP contribution in [-0.4, -0.2) is 21.3 Å². The molecular weight excluding hydrogens is 204 g/mol. The Kier molecular flexibility index (Phi) is 2.11. The van der Waals surface area contributed by atoms with Gasteiger partial charge < -0.3 is 9.84 Å². The van der Waals surface area contributed by atoms with E-state index in [1.165, 1.54) is 5.56 Å². The van der Waals surface area contributed by atoms with Crippen LogP contribution in [0.2, 0.25) is 0 Å². The molecule has 0 amide bonds. The van der Waals surface area contributed by atoms with Gasteiger partial charge in [0.05, 0.1) is 24.4 Å². The van der Waals surface area contributed by atoms with Gasteiger partial charge in [-0.2, -0.15) is 5.10 Å². The Morgan fingerprint density at radius 2 is 2.44 bits per heavy atom. The summed E-state index contributed by atoms with van der Waals surface area (Å²) in [5, 5.41) is 14.0. The van der Waals surface area contributed by atoms with Gasteiger partial charge >= 0.3 is 0 Å². The highest BCUT2D eigenvalue weighted by Gasteiger charge is 2.20. The van der Waals surface area contributed by atoms with Crippen molar-refractivity contribution in [3.8, 4) is 5.75 Å². The van der Waals surface area contributed by atoms with E-state index in [4.69, 9.17) is 4.74 Å². The molecule has 0 saturated carbocycles. The molecule has 0 spiro atoms. The van der Waals surface area contributed by atoms with Crippen molar-refractivity contribution in [2.75, 3.05) is 6.61 Å². The number of aliphatic hydroxyl groups is 1. The molecule has 1 aliphatic heterocycles. The Balaban J connectivity index is 2.37. The predicted octanol–water partition coefficient (Wildman–Crippen LogP) is 1.32. The molecule has 0 atom stereocenters. The van der Waals surface area contributed by atoms with Crippen molar-refractivity contribution in [2.45, 2.75) is 26.4 Å². The molecule has 0 saturated heterocycles. The van der Waals surface area contributed by atoms with Crippen molar-refractivity contribution in [1.29, 1.82) is 0 Å². The number of hydrogen-bond acceptors (Lipinski definition) is 3. The molecule has 0 radical (unpaired) electrons. The molecule has 1 N–H and O–H groups in total. The first-order valence-electron chi connectivity index (χ1n) is 5.60. The Hall–Kier alpha value is -1.55. The van der Waals surface area contributed by atoms with E-state index in [-0.39, 0.29) is 6.61 Å². The topological polar surface area (TPSA) is 46.8 Å². The lowest BCUT2D eigenvalue weighted by atomic mass is 10.1. The van der Waals surface area contributed by atoms with Gasteiger partial charge in [0.2, 0.25) is 0 Å². The van der Waals surface area contributed by atoms with E-state index in [1.54, 1.807) is 0 Å². The third-order valence-corrected chi connectivity index (χ3v) is 3.14. The first-order chi connectivity index (χ1) is 7.85. The van der Waals surface area contributed by atoms with E-state index >= 15 is 0 Å². The normalized spacial score (nSPS) is 14.1. The molecule has 2 aromatic rings. The standard InChI is InChI=1S/C12H14N2O2/c1-2-10-9(7-15)12-8-4-6-16-11(8)3-5-14(12)13-10/h3,5,15H,2,4,6-7H2,1H3. The van der Waals surface area contributed by atoms with Crippen molar-refractivity contribution in [3.63, 3.8) is 0 Å². The van der Waals surface area contributed by atoms with Crippen LogP contribution in [0.25, 0.3) is 5.52 Å². The maximum Gasteiger partial charge on any atom is 0.126 e. The van der Waals surface area contributed by atoms with Crippen molar-refractivity contribution < 1.29 is 9.84 Å². The molecule has 2 aromatic heterocycles. The van der Waals surface area contributed by atoms with Gasteiger partial charge in [-0.15, -0.1) is 0 Å². The third kappa shape index (κ3) is 1.16. The van der Waals surface area contributed by atoms with Gasteiger partial charge in [0.15, 0.2) is 0 Å². The first kappa shape index (κ1) is 9.66. The minimum atomic E-state index is 0.0448. The van der Waals surface area contributed by atoms with Crippen LogP contribution in [0, 0.1) is 0 Å². The van der Waals surface area contributed by atoms with Gasteiger partial charge in [0.25, 0.3) is 0 Å². The zero-order valence-electron chi connectivity index (χ0n) is 9.23. The summed E-state index contributed by atoms with van der Waals surface area (Å²) in [6.45, 7) is 2.83. The largest absolute Gasteiger partial charge is 0.493 e. The Morgan fingerprint density at radius 1 is 1.56 bits per heavy atom. The number of nitrogens with zero attached hydrogens (tertiary/aromatic N) is 2. The van der Waals surface area contributed by atoms with Gasteiger partial charge in [-0.05, 0) is 12.5 Å². The van der Waals surface area contributed by atoms with Crippen LogP contribution in [0.4, 0.5) is 0 Å². The van der Waals surface area contributed by atoms with Crippen LogP contribution < -0.4 is 4.74 Å². The van der Waals surface area contributed by atoms with Gasteiger partial charge in [0, 0.05) is 23.7 Å². The second-order valence-corrected chi connectivity index (χ2v) is 3.99.